The number of piperidine rings is 1. The van der Waals surface area contributed by atoms with E-state index in [1.807, 2.05) is 18.2 Å². The fourth-order valence-electron chi connectivity index (χ4n) is 2.72. The molecule has 5 nitrogen and oxygen atoms in total. The molecule has 1 aromatic carbocycles. The Morgan fingerprint density at radius 1 is 1.22 bits per heavy atom. The zero-order chi connectivity index (χ0) is 16.1. The normalized spacial score (nSPS) is 15.3. The predicted molar refractivity (Wildman–Crippen MR) is 87.7 cm³/mol. The molecule has 0 bridgehead atoms. The Kier molecular flexibility index (Phi) is 4.88. The second kappa shape index (κ2) is 7.24. The molecule has 120 valence electrons. The molecular formula is C18H20N2O3. The maximum Gasteiger partial charge on any atom is 0.335 e. The summed E-state index contributed by atoms with van der Waals surface area (Å²) in [6.07, 6.45) is 4.00. The number of nitrogens with zero attached hydrogens (tertiary/aromatic N) is 1. The van der Waals surface area contributed by atoms with Gasteiger partial charge in [0.1, 0.15) is 0 Å². The van der Waals surface area contributed by atoms with E-state index in [2.05, 4.69) is 10.3 Å². The van der Waals surface area contributed by atoms with Crippen molar-refractivity contribution in [2.24, 2.45) is 5.92 Å². The minimum absolute atomic E-state index is 0.272. The number of aromatic nitrogens is 1. The quantitative estimate of drug-likeness (QED) is 0.888. The molecule has 3 rings (SSSR count). The van der Waals surface area contributed by atoms with Gasteiger partial charge in [-0.15, -0.1) is 0 Å². The Morgan fingerprint density at radius 3 is 2.74 bits per heavy atom. The minimum Gasteiger partial charge on any atom is -0.478 e. The molecule has 23 heavy (non-hydrogen) atoms. The van der Waals surface area contributed by atoms with Crippen LogP contribution in [0.4, 0.5) is 0 Å². The lowest BCUT2D eigenvalue weighted by atomic mass is 9.99. The first kappa shape index (κ1) is 15.5. The Labute approximate surface area is 135 Å². The van der Waals surface area contributed by atoms with Gasteiger partial charge in [-0.05, 0) is 55.6 Å². The van der Waals surface area contributed by atoms with Crippen LogP contribution < -0.4 is 10.1 Å². The molecule has 1 aliphatic rings. The highest BCUT2D eigenvalue weighted by atomic mass is 16.5. The monoisotopic (exact) mass is 312 g/mol. The smallest absolute Gasteiger partial charge is 0.335 e. The van der Waals surface area contributed by atoms with Gasteiger partial charge in [0.15, 0.2) is 0 Å². The van der Waals surface area contributed by atoms with E-state index in [0.29, 0.717) is 18.4 Å². The van der Waals surface area contributed by atoms with Gasteiger partial charge in [0.2, 0.25) is 5.88 Å². The predicted octanol–water partition coefficient (Wildman–Crippen LogP) is 2.83. The van der Waals surface area contributed by atoms with Gasteiger partial charge in [-0.1, -0.05) is 12.1 Å². The molecule has 2 aromatic rings. The molecular weight excluding hydrogens is 292 g/mol. The molecule has 0 amide bonds. The number of ether oxygens (including phenoxy) is 1. The number of pyridine rings is 1. The molecule has 5 heteroatoms. The third-order valence-corrected chi connectivity index (χ3v) is 4.10. The molecule has 0 unspecified atom stereocenters. The number of benzene rings is 1. The maximum atomic E-state index is 11.0. The summed E-state index contributed by atoms with van der Waals surface area (Å²) >= 11 is 0. The van der Waals surface area contributed by atoms with Crippen molar-refractivity contribution in [1.82, 2.24) is 10.3 Å². The van der Waals surface area contributed by atoms with Crippen LogP contribution in [0.3, 0.4) is 0 Å². The molecule has 2 heterocycles. The van der Waals surface area contributed by atoms with E-state index in [1.54, 1.807) is 24.4 Å². The third kappa shape index (κ3) is 4.07. The molecule has 1 saturated heterocycles. The minimum atomic E-state index is -0.929. The number of carboxylic acid groups (broad SMARTS) is 1. The van der Waals surface area contributed by atoms with Gasteiger partial charge >= 0.3 is 5.97 Å². The van der Waals surface area contributed by atoms with Crippen LogP contribution in [0.1, 0.15) is 23.2 Å². The number of nitrogens with one attached hydrogen (secondary N) is 1. The van der Waals surface area contributed by atoms with Crippen molar-refractivity contribution in [1.29, 1.82) is 0 Å². The van der Waals surface area contributed by atoms with Crippen molar-refractivity contribution in [2.45, 2.75) is 12.8 Å². The van der Waals surface area contributed by atoms with Gasteiger partial charge in [-0.2, -0.15) is 0 Å². The number of carboxylic acids is 1. The number of carbonyl (C=O) groups is 1. The third-order valence-electron chi connectivity index (χ3n) is 4.10. The van der Waals surface area contributed by atoms with Crippen molar-refractivity contribution in [3.8, 4) is 17.0 Å². The van der Waals surface area contributed by atoms with Crippen LogP contribution in [-0.4, -0.2) is 35.8 Å². The highest BCUT2D eigenvalue weighted by Gasteiger charge is 2.13. The molecule has 0 saturated carbocycles. The average molecular weight is 312 g/mol. The summed E-state index contributed by atoms with van der Waals surface area (Å²) < 4.78 is 5.77. The zero-order valence-corrected chi connectivity index (χ0v) is 12.9. The van der Waals surface area contributed by atoms with Crippen molar-refractivity contribution in [2.75, 3.05) is 19.7 Å². The molecule has 1 fully saturated rings. The fraction of sp³-hybridized carbons (Fsp3) is 0.333. The molecule has 0 radical (unpaired) electrons. The van der Waals surface area contributed by atoms with Crippen LogP contribution in [0.2, 0.25) is 0 Å². The van der Waals surface area contributed by atoms with E-state index >= 15 is 0 Å². The lowest BCUT2D eigenvalue weighted by molar-refractivity contribution is 0.0697. The summed E-state index contributed by atoms with van der Waals surface area (Å²) in [5, 5.41) is 12.4. The van der Waals surface area contributed by atoms with Crippen LogP contribution in [0.15, 0.2) is 42.6 Å². The molecule has 0 aliphatic carbocycles. The SMILES string of the molecule is O=C(O)c1cccc(-c2ccc(OCC3CCNCC3)nc2)c1. The van der Waals surface area contributed by atoms with Gasteiger partial charge in [-0.25, -0.2) is 9.78 Å². The summed E-state index contributed by atoms with van der Waals surface area (Å²) in [5.74, 6) is 0.272. The Morgan fingerprint density at radius 2 is 2.04 bits per heavy atom. The number of aromatic carboxylic acids is 1. The summed E-state index contributed by atoms with van der Waals surface area (Å²) in [6.45, 7) is 2.81. The van der Waals surface area contributed by atoms with Crippen molar-refractivity contribution >= 4 is 5.97 Å². The second-order valence-corrected chi connectivity index (χ2v) is 5.78. The maximum absolute atomic E-state index is 11.0. The second-order valence-electron chi connectivity index (χ2n) is 5.78. The van der Waals surface area contributed by atoms with Crippen LogP contribution in [0.5, 0.6) is 5.88 Å². The van der Waals surface area contributed by atoms with Gasteiger partial charge in [0.25, 0.3) is 0 Å². The number of hydrogen-bond acceptors (Lipinski definition) is 4. The van der Waals surface area contributed by atoms with Crippen molar-refractivity contribution < 1.29 is 14.6 Å². The number of hydrogen-bond donors (Lipinski definition) is 2. The molecule has 2 N–H and O–H groups in total. The average Bonchev–Trinajstić information content (AvgIpc) is 2.61. The van der Waals surface area contributed by atoms with Gasteiger partial charge in [0.05, 0.1) is 12.2 Å². The summed E-state index contributed by atoms with van der Waals surface area (Å²) in [6, 6.07) is 10.6. The fourth-order valence-corrected chi connectivity index (χ4v) is 2.72. The molecule has 1 aromatic heterocycles. The zero-order valence-electron chi connectivity index (χ0n) is 12.9. The number of rotatable bonds is 5. The van der Waals surface area contributed by atoms with Crippen LogP contribution >= 0.6 is 0 Å². The first-order valence-electron chi connectivity index (χ1n) is 7.85. The Hall–Kier alpha value is -2.40. The summed E-state index contributed by atoms with van der Waals surface area (Å²) in [7, 11) is 0. The van der Waals surface area contributed by atoms with E-state index in [0.717, 1.165) is 37.1 Å². The van der Waals surface area contributed by atoms with Gasteiger partial charge < -0.3 is 15.2 Å². The van der Waals surface area contributed by atoms with E-state index in [1.165, 1.54) is 0 Å². The molecule has 1 aliphatic heterocycles. The van der Waals surface area contributed by atoms with E-state index < -0.39 is 5.97 Å². The van der Waals surface area contributed by atoms with Gasteiger partial charge in [0, 0.05) is 17.8 Å². The topological polar surface area (TPSA) is 71.5 Å². The summed E-state index contributed by atoms with van der Waals surface area (Å²) in [5.41, 5.74) is 1.98. The standard InChI is InChI=1S/C18H20N2O3/c21-18(22)15-3-1-2-14(10-15)16-4-5-17(20-11-16)23-12-13-6-8-19-9-7-13/h1-5,10-11,13,19H,6-9,12H2,(H,21,22). The lowest BCUT2D eigenvalue weighted by Gasteiger charge is -2.22. The largest absolute Gasteiger partial charge is 0.478 e. The first-order valence-corrected chi connectivity index (χ1v) is 7.85. The Balaban J connectivity index is 1.64. The van der Waals surface area contributed by atoms with Crippen LogP contribution in [0.25, 0.3) is 11.1 Å². The van der Waals surface area contributed by atoms with E-state index in [9.17, 15) is 4.79 Å². The van der Waals surface area contributed by atoms with E-state index in [-0.39, 0.29) is 5.56 Å². The van der Waals surface area contributed by atoms with Crippen molar-refractivity contribution in [3.05, 3.63) is 48.2 Å². The van der Waals surface area contributed by atoms with Crippen LogP contribution in [-0.2, 0) is 0 Å². The Bertz CT molecular complexity index is 664. The van der Waals surface area contributed by atoms with Gasteiger partial charge in [-0.3, -0.25) is 0 Å². The van der Waals surface area contributed by atoms with E-state index in [4.69, 9.17) is 9.84 Å². The first-order chi connectivity index (χ1) is 11.2. The highest BCUT2D eigenvalue weighted by molar-refractivity contribution is 5.89. The van der Waals surface area contributed by atoms with Crippen LogP contribution in [0, 0.1) is 5.92 Å². The van der Waals surface area contributed by atoms with Crippen molar-refractivity contribution in [3.63, 3.8) is 0 Å². The summed E-state index contributed by atoms with van der Waals surface area (Å²) in [4.78, 5) is 15.4. The highest BCUT2D eigenvalue weighted by Crippen LogP contribution is 2.22. The molecule has 0 atom stereocenters. The molecule has 0 spiro atoms. The lowest BCUT2D eigenvalue weighted by Crippen LogP contribution is -2.30.